The molecule has 0 atom stereocenters. The van der Waals surface area contributed by atoms with Crippen LogP contribution in [0, 0.1) is 6.92 Å². The van der Waals surface area contributed by atoms with Crippen LogP contribution in [0.3, 0.4) is 0 Å². The Kier molecular flexibility index (Phi) is 5.05. The van der Waals surface area contributed by atoms with Gasteiger partial charge in [-0.1, -0.05) is 41.7 Å². The predicted molar refractivity (Wildman–Crippen MR) is 116 cm³/mol. The Morgan fingerprint density at radius 2 is 1.72 bits per heavy atom. The molecule has 0 bridgehead atoms. The molecule has 2 aromatic heterocycles. The van der Waals surface area contributed by atoms with E-state index in [0.29, 0.717) is 22.1 Å². The molecule has 0 radical (unpaired) electrons. The lowest BCUT2D eigenvalue weighted by Crippen LogP contribution is -2.14. The Labute approximate surface area is 171 Å². The number of carbonyl (C=O) groups is 2. The van der Waals surface area contributed by atoms with Gasteiger partial charge in [0.15, 0.2) is 5.13 Å². The van der Waals surface area contributed by atoms with Gasteiger partial charge in [-0.25, -0.2) is 4.98 Å². The molecule has 2 amide bonds. The summed E-state index contributed by atoms with van der Waals surface area (Å²) in [6, 6.07) is 18.9. The summed E-state index contributed by atoms with van der Waals surface area (Å²) in [6.45, 7) is 3.28. The minimum Gasteiger partial charge on any atom is -0.326 e. The molecule has 0 unspecified atom stereocenters. The van der Waals surface area contributed by atoms with Crippen LogP contribution in [0.15, 0.2) is 60.7 Å². The molecule has 29 heavy (non-hydrogen) atoms. The number of nitrogens with zero attached hydrogens (tertiary/aromatic N) is 2. The smallest absolute Gasteiger partial charge is 0.259 e. The van der Waals surface area contributed by atoms with Gasteiger partial charge in [-0.2, -0.15) is 0 Å². The second-order valence-corrected chi connectivity index (χ2v) is 7.56. The van der Waals surface area contributed by atoms with Crippen molar-refractivity contribution in [3.63, 3.8) is 0 Å². The van der Waals surface area contributed by atoms with E-state index in [1.54, 1.807) is 12.1 Å². The van der Waals surface area contributed by atoms with Crippen LogP contribution < -0.4 is 10.6 Å². The second kappa shape index (κ2) is 7.81. The molecule has 0 saturated heterocycles. The maximum absolute atomic E-state index is 12.7. The van der Waals surface area contributed by atoms with Crippen molar-refractivity contribution in [2.24, 2.45) is 0 Å². The van der Waals surface area contributed by atoms with Gasteiger partial charge >= 0.3 is 0 Å². The largest absolute Gasteiger partial charge is 0.326 e. The first-order valence-corrected chi connectivity index (χ1v) is 9.84. The van der Waals surface area contributed by atoms with Crippen LogP contribution in [0.25, 0.3) is 21.5 Å². The lowest BCUT2D eigenvalue weighted by atomic mass is 10.1. The van der Waals surface area contributed by atoms with Crippen LogP contribution in [-0.4, -0.2) is 21.8 Å². The van der Waals surface area contributed by atoms with Gasteiger partial charge in [0.2, 0.25) is 5.91 Å². The van der Waals surface area contributed by atoms with E-state index in [9.17, 15) is 9.59 Å². The monoisotopic (exact) mass is 402 g/mol. The van der Waals surface area contributed by atoms with Crippen molar-refractivity contribution in [2.75, 3.05) is 10.6 Å². The highest BCUT2D eigenvalue weighted by atomic mass is 32.1. The van der Waals surface area contributed by atoms with Gasteiger partial charge in [-0.3, -0.25) is 19.9 Å². The zero-order valence-electron chi connectivity index (χ0n) is 15.9. The highest BCUT2D eigenvalue weighted by molar-refractivity contribution is 7.22. The van der Waals surface area contributed by atoms with Crippen molar-refractivity contribution in [3.8, 4) is 11.3 Å². The van der Waals surface area contributed by atoms with Crippen LogP contribution in [0.1, 0.15) is 23.0 Å². The number of thiazole rings is 1. The van der Waals surface area contributed by atoms with Gasteiger partial charge in [-0.05, 0) is 37.3 Å². The number of aromatic nitrogens is 2. The quantitative estimate of drug-likeness (QED) is 0.510. The number of amides is 2. The van der Waals surface area contributed by atoms with Gasteiger partial charge in [0.05, 0.1) is 27.2 Å². The van der Waals surface area contributed by atoms with Crippen LogP contribution in [0.4, 0.5) is 10.8 Å². The predicted octanol–water partition coefficient (Wildman–Crippen LogP) is 4.88. The van der Waals surface area contributed by atoms with E-state index < -0.39 is 0 Å². The van der Waals surface area contributed by atoms with Crippen molar-refractivity contribution in [2.45, 2.75) is 13.8 Å². The number of pyridine rings is 1. The van der Waals surface area contributed by atoms with Gasteiger partial charge < -0.3 is 5.32 Å². The third kappa shape index (κ3) is 4.14. The van der Waals surface area contributed by atoms with Gasteiger partial charge in [-0.15, -0.1) is 0 Å². The molecule has 7 heteroatoms. The Bertz CT molecular complexity index is 1220. The molecule has 0 aliphatic rings. The molecule has 4 rings (SSSR count). The van der Waals surface area contributed by atoms with E-state index in [1.165, 1.54) is 18.3 Å². The average Bonchev–Trinajstić information content (AvgIpc) is 3.09. The van der Waals surface area contributed by atoms with Crippen LogP contribution in [0.5, 0.6) is 0 Å². The maximum Gasteiger partial charge on any atom is 0.259 e. The summed E-state index contributed by atoms with van der Waals surface area (Å²) < 4.78 is 0.876. The van der Waals surface area contributed by atoms with E-state index in [0.717, 1.165) is 21.5 Å². The topological polar surface area (TPSA) is 84.0 Å². The summed E-state index contributed by atoms with van der Waals surface area (Å²) in [5.74, 6) is -0.389. The fourth-order valence-electron chi connectivity index (χ4n) is 2.99. The minimum absolute atomic E-state index is 0.135. The van der Waals surface area contributed by atoms with Gasteiger partial charge in [0.1, 0.15) is 0 Å². The number of fused-ring (bicyclic) bond motifs is 1. The first-order valence-electron chi connectivity index (χ1n) is 9.02. The maximum atomic E-state index is 12.7. The highest BCUT2D eigenvalue weighted by Crippen LogP contribution is 2.29. The molecular weight excluding hydrogens is 384 g/mol. The molecule has 2 heterocycles. The number of hydrogen-bond donors (Lipinski definition) is 2. The van der Waals surface area contributed by atoms with Crippen molar-refractivity contribution in [3.05, 3.63) is 71.9 Å². The normalized spacial score (nSPS) is 10.7. The first kappa shape index (κ1) is 18.8. The lowest BCUT2D eigenvalue weighted by Gasteiger charge is -2.07. The molecule has 4 aromatic rings. The molecule has 144 valence electrons. The van der Waals surface area contributed by atoms with E-state index in [1.807, 2.05) is 55.5 Å². The summed E-state index contributed by atoms with van der Waals surface area (Å²) in [5.41, 5.74) is 4.44. The standard InChI is InChI=1S/C22H18N4O2S/c1-13-17(9-11-18(23-13)15-6-4-3-5-7-15)21(28)26-22-25-19-10-8-16(24-14(2)27)12-20(19)29-22/h3-12H,1-2H3,(H,24,27)(H,25,26,28). The SMILES string of the molecule is CC(=O)Nc1ccc2nc(NC(=O)c3ccc(-c4ccccc4)nc3C)sc2c1. The Hall–Kier alpha value is -3.58. The van der Waals surface area contributed by atoms with Gasteiger partial charge in [0, 0.05) is 18.2 Å². The number of rotatable bonds is 4. The summed E-state index contributed by atoms with van der Waals surface area (Å²) in [5, 5.41) is 6.09. The lowest BCUT2D eigenvalue weighted by molar-refractivity contribution is -0.114. The van der Waals surface area contributed by atoms with Crippen LogP contribution in [-0.2, 0) is 4.79 Å². The zero-order chi connectivity index (χ0) is 20.4. The Balaban J connectivity index is 1.55. The molecular formula is C22H18N4O2S. The van der Waals surface area contributed by atoms with E-state index in [2.05, 4.69) is 20.6 Å². The summed E-state index contributed by atoms with van der Waals surface area (Å²) in [7, 11) is 0. The zero-order valence-corrected chi connectivity index (χ0v) is 16.7. The number of benzene rings is 2. The molecule has 2 N–H and O–H groups in total. The molecule has 2 aromatic carbocycles. The fraction of sp³-hybridized carbons (Fsp3) is 0.0909. The number of anilines is 2. The third-order valence-electron chi connectivity index (χ3n) is 4.33. The van der Waals surface area contributed by atoms with E-state index in [-0.39, 0.29) is 11.8 Å². The fourth-order valence-corrected chi connectivity index (χ4v) is 3.89. The van der Waals surface area contributed by atoms with Crippen molar-refractivity contribution < 1.29 is 9.59 Å². The third-order valence-corrected chi connectivity index (χ3v) is 5.26. The number of hydrogen-bond acceptors (Lipinski definition) is 5. The van der Waals surface area contributed by atoms with Crippen molar-refractivity contribution in [1.82, 2.24) is 9.97 Å². The molecule has 0 aliphatic carbocycles. The molecule has 0 fully saturated rings. The first-order chi connectivity index (χ1) is 14.0. The highest BCUT2D eigenvalue weighted by Gasteiger charge is 2.14. The van der Waals surface area contributed by atoms with Crippen LogP contribution in [0.2, 0.25) is 0 Å². The van der Waals surface area contributed by atoms with Crippen molar-refractivity contribution >= 4 is 44.2 Å². The Morgan fingerprint density at radius 3 is 2.45 bits per heavy atom. The molecule has 0 aliphatic heterocycles. The second-order valence-electron chi connectivity index (χ2n) is 6.53. The van der Waals surface area contributed by atoms with Gasteiger partial charge in [0.25, 0.3) is 5.91 Å². The van der Waals surface area contributed by atoms with E-state index >= 15 is 0 Å². The minimum atomic E-state index is -0.254. The molecule has 0 saturated carbocycles. The van der Waals surface area contributed by atoms with Crippen molar-refractivity contribution in [1.29, 1.82) is 0 Å². The summed E-state index contributed by atoms with van der Waals surface area (Å²) in [4.78, 5) is 33.0. The van der Waals surface area contributed by atoms with E-state index in [4.69, 9.17) is 0 Å². The molecule has 6 nitrogen and oxygen atoms in total. The number of nitrogens with one attached hydrogen (secondary N) is 2. The Morgan fingerprint density at radius 1 is 0.931 bits per heavy atom. The number of carbonyl (C=O) groups excluding carboxylic acids is 2. The molecule has 0 spiro atoms. The summed E-state index contributed by atoms with van der Waals surface area (Å²) in [6.07, 6.45) is 0. The summed E-state index contributed by atoms with van der Waals surface area (Å²) >= 11 is 1.35. The average molecular weight is 402 g/mol. The number of aryl methyl sites for hydroxylation is 1. The van der Waals surface area contributed by atoms with Crippen LogP contribution >= 0.6 is 11.3 Å².